The second kappa shape index (κ2) is 8.86. The molecular weight excluding hydrogens is 294 g/mol. The molecule has 6 heteroatoms. The van der Waals surface area contributed by atoms with Gasteiger partial charge in [0, 0.05) is 45.8 Å². The average Bonchev–Trinajstić information content (AvgIpc) is 2.53. The number of carbonyl (C=O) groups excluding carboxylic acids is 1. The SMILES string of the molecule is CN1CCO[C@H](CNCc2ccccc2OCC(=O)N(C)C)C1. The molecule has 1 atom stereocenters. The largest absolute Gasteiger partial charge is 0.483 e. The van der Waals surface area contributed by atoms with Crippen LogP contribution in [0.25, 0.3) is 0 Å². The van der Waals surface area contributed by atoms with E-state index in [2.05, 4.69) is 17.3 Å². The van der Waals surface area contributed by atoms with Crippen LogP contribution >= 0.6 is 0 Å². The molecule has 0 saturated carbocycles. The zero-order valence-corrected chi connectivity index (χ0v) is 14.2. The Labute approximate surface area is 138 Å². The van der Waals surface area contributed by atoms with E-state index in [1.165, 1.54) is 4.90 Å². The molecule has 1 saturated heterocycles. The quantitative estimate of drug-likeness (QED) is 0.796. The smallest absolute Gasteiger partial charge is 0.259 e. The van der Waals surface area contributed by atoms with E-state index >= 15 is 0 Å². The van der Waals surface area contributed by atoms with Crippen molar-refractivity contribution in [3.05, 3.63) is 29.8 Å². The number of nitrogens with one attached hydrogen (secondary N) is 1. The Morgan fingerprint density at radius 3 is 2.96 bits per heavy atom. The van der Waals surface area contributed by atoms with Gasteiger partial charge in [0.2, 0.25) is 0 Å². The highest BCUT2D eigenvalue weighted by Gasteiger charge is 2.17. The monoisotopic (exact) mass is 321 g/mol. The van der Waals surface area contributed by atoms with Gasteiger partial charge in [-0.25, -0.2) is 0 Å². The second-order valence-corrected chi connectivity index (χ2v) is 6.07. The molecule has 0 bridgehead atoms. The number of benzene rings is 1. The Morgan fingerprint density at radius 1 is 1.43 bits per heavy atom. The molecule has 23 heavy (non-hydrogen) atoms. The lowest BCUT2D eigenvalue weighted by molar-refractivity contribution is -0.130. The number of nitrogens with zero attached hydrogens (tertiary/aromatic N) is 2. The summed E-state index contributed by atoms with van der Waals surface area (Å²) in [5.74, 6) is 0.697. The van der Waals surface area contributed by atoms with Crippen LogP contribution in [0, 0.1) is 0 Å². The van der Waals surface area contributed by atoms with Crippen molar-refractivity contribution in [2.45, 2.75) is 12.6 Å². The van der Waals surface area contributed by atoms with Gasteiger partial charge in [0.15, 0.2) is 6.61 Å². The summed E-state index contributed by atoms with van der Waals surface area (Å²) in [6, 6.07) is 7.79. The Balaban J connectivity index is 1.81. The van der Waals surface area contributed by atoms with Gasteiger partial charge in [-0.05, 0) is 13.1 Å². The molecule has 128 valence electrons. The van der Waals surface area contributed by atoms with Gasteiger partial charge in [-0.2, -0.15) is 0 Å². The van der Waals surface area contributed by atoms with E-state index in [0.717, 1.165) is 37.6 Å². The molecule has 1 fully saturated rings. The number of hydrogen-bond donors (Lipinski definition) is 1. The molecule has 1 aromatic carbocycles. The van der Waals surface area contributed by atoms with Crippen LogP contribution in [0.2, 0.25) is 0 Å². The summed E-state index contributed by atoms with van der Waals surface area (Å²) in [5, 5.41) is 3.42. The minimum absolute atomic E-state index is 0.0496. The maximum absolute atomic E-state index is 11.6. The summed E-state index contributed by atoms with van der Waals surface area (Å²) < 4.78 is 11.4. The van der Waals surface area contributed by atoms with Gasteiger partial charge < -0.3 is 24.6 Å². The van der Waals surface area contributed by atoms with Crippen LogP contribution < -0.4 is 10.1 Å². The lowest BCUT2D eigenvalue weighted by Crippen LogP contribution is -2.44. The fraction of sp³-hybridized carbons (Fsp3) is 0.588. The van der Waals surface area contributed by atoms with Crippen molar-refractivity contribution < 1.29 is 14.3 Å². The van der Waals surface area contributed by atoms with Crippen molar-refractivity contribution in [2.24, 2.45) is 0 Å². The lowest BCUT2D eigenvalue weighted by Gasteiger charge is -2.30. The van der Waals surface area contributed by atoms with Crippen LogP contribution in [-0.2, 0) is 16.1 Å². The van der Waals surface area contributed by atoms with E-state index in [-0.39, 0.29) is 18.6 Å². The molecule has 1 amide bonds. The maximum Gasteiger partial charge on any atom is 0.259 e. The molecule has 0 radical (unpaired) electrons. The van der Waals surface area contributed by atoms with Crippen LogP contribution in [0.1, 0.15) is 5.56 Å². The molecule has 1 aliphatic heterocycles. The lowest BCUT2D eigenvalue weighted by atomic mass is 10.2. The molecule has 1 aliphatic rings. The fourth-order valence-corrected chi connectivity index (χ4v) is 2.42. The second-order valence-electron chi connectivity index (χ2n) is 6.07. The van der Waals surface area contributed by atoms with E-state index in [1.54, 1.807) is 14.1 Å². The number of para-hydroxylation sites is 1. The van der Waals surface area contributed by atoms with Crippen molar-refractivity contribution in [2.75, 3.05) is 54.0 Å². The number of rotatable bonds is 7. The summed E-state index contributed by atoms with van der Waals surface area (Å²) in [4.78, 5) is 15.4. The summed E-state index contributed by atoms with van der Waals surface area (Å²) in [6.07, 6.45) is 0.220. The topological polar surface area (TPSA) is 54.0 Å². The van der Waals surface area contributed by atoms with Crippen LogP contribution in [-0.4, -0.2) is 75.8 Å². The van der Waals surface area contributed by atoms with Crippen molar-refractivity contribution in [1.29, 1.82) is 0 Å². The van der Waals surface area contributed by atoms with Gasteiger partial charge in [-0.15, -0.1) is 0 Å². The van der Waals surface area contributed by atoms with Gasteiger partial charge in [-0.1, -0.05) is 18.2 Å². The Kier molecular flexibility index (Phi) is 6.83. The summed E-state index contributed by atoms with van der Waals surface area (Å²) in [7, 11) is 5.56. The molecule has 6 nitrogen and oxygen atoms in total. The van der Waals surface area contributed by atoms with Gasteiger partial charge >= 0.3 is 0 Å². The minimum Gasteiger partial charge on any atom is -0.483 e. The fourth-order valence-electron chi connectivity index (χ4n) is 2.42. The number of hydrogen-bond acceptors (Lipinski definition) is 5. The van der Waals surface area contributed by atoms with E-state index in [4.69, 9.17) is 9.47 Å². The first-order valence-electron chi connectivity index (χ1n) is 7.98. The molecule has 0 spiro atoms. The standard InChI is InChI=1S/C17H27N3O3/c1-19(2)17(21)13-23-16-7-5-4-6-14(16)10-18-11-15-12-20(3)8-9-22-15/h4-7,15,18H,8-13H2,1-3H3/t15-/m1/s1. The highest BCUT2D eigenvalue weighted by molar-refractivity contribution is 5.77. The van der Waals surface area contributed by atoms with E-state index in [0.29, 0.717) is 6.54 Å². The molecular formula is C17H27N3O3. The third-order valence-electron chi connectivity index (χ3n) is 3.85. The van der Waals surface area contributed by atoms with Crippen LogP contribution in [0.3, 0.4) is 0 Å². The maximum atomic E-state index is 11.6. The normalized spacial score (nSPS) is 18.7. The summed E-state index contributed by atoms with van der Waals surface area (Å²) in [5.41, 5.74) is 1.04. The third kappa shape index (κ3) is 5.82. The Hall–Kier alpha value is -1.63. The predicted molar refractivity (Wildman–Crippen MR) is 89.6 cm³/mol. The molecule has 1 aromatic rings. The summed E-state index contributed by atoms with van der Waals surface area (Å²) in [6.45, 7) is 4.27. The number of ether oxygens (including phenoxy) is 2. The number of likely N-dealkylation sites (N-methyl/N-ethyl adjacent to an activating group) is 2. The zero-order valence-electron chi connectivity index (χ0n) is 14.2. The Bertz CT molecular complexity index is 508. The molecule has 1 N–H and O–H groups in total. The van der Waals surface area contributed by atoms with Gasteiger partial charge in [-0.3, -0.25) is 4.79 Å². The predicted octanol–water partition coefficient (Wildman–Crippen LogP) is 0.574. The Morgan fingerprint density at radius 2 is 2.22 bits per heavy atom. The number of morpholine rings is 1. The van der Waals surface area contributed by atoms with Gasteiger partial charge in [0.25, 0.3) is 5.91 Å². The van der Waals surface area contributed by atoms with Crippen molar-refractivity contribution >= 4 is 5.91 Å². The van der Waals surface area contributed by atoms with Crippen molar-refractivity contribution in [1.82, 2.24) is 15.1 Å². The molecule has 0 aliphatic carbocycles. The van der Waals surface area contributed by atoms with Crippen molar-refractivity contribution in [3.8, 4) is 5.75 Å². The number of amides is 1. The highest BCUT2D eigenvalue weighted by atomic mass is 16.5. The average molecular weight is 321 g/mol. The minimum atomic E-state index is -0.0496. The van der Waals surface area contributed by atoms with Gasteiger partial charge in [0.05, 0.1) is 12.7 Å². The molecule has 2 rings (SSSR count). The van der Waals surface area contributed by atoms with Crippen molar-refractivity contribution in [3.63, 3.8) is 0 Å². The first-order valence-corrected chi connectivity index (χ1v) is 7.98. The first-order chi connectivity index (χ1) is 11.1. The third-order valence-corrected chi connectivity index (χ3v) is 3.85. The van der Waals surface area contributed by atoms with Crippen LogP contribution in [0.5, 0.6) is 5.75 Å². The van der Waals surface area contributed by atoms with E-state index < -0.39 is 0 Å². The van der Waals surface area contributed by atoms with Crippen LogP contribution in [0.4, 0.5) is 0 Å². The van der Waals surface area contributed by atoms with Gasteiger partial charge in [0.1, 0.15) is 5.75 Å². The molecule has 0 aromatic heterocycles. The molecule has 0 unspecified atom stereocenters. The zero-order chi connectivity index (χ0) is 16.7. The number of carbonyl (C=O) groups is 1. The summed E-state index contributed by atoms with van der Waals surface area (Å²) >= 11 is 0. The van der Waals surface area contributed by atoms with E-state index in [9.17, 15) is 4.79 Å². The van der Waals surface area contributed by atoms with E-state index in [1.807, 2.05) is 24.3 Å². The first kappa shape index (κ1) is 17.7. The molecule has 1 heterocycles. The van der Waals surface area contributed by atoms with Crippen LogP contribution in [0.15, 0.2) is 24.3 Å². The highest BCUT2D eigenvalue weighted by Crippen LogP contribution is 2.17.